The minimum atomic E-state index is -0.837. The molecule has 1 fully saturated rings. The van der Waals surface area contributed by atoms with Gasteiger partial charge < -0.3 is 5.11 Å². The van der Waals surface area contributed by atoms with E-state index in [0.717, 1.165) is 0 Å². The molecule has 0 radical (unpaired) electrons. The molecular formula is C5H5NO2. The van der Waals surface area contributed by atoms with Crippen LogP contribution >= 0.6 is 0 Å². The predicted octanol–water partition coefficient (Wildman–Crippen LogP) is 0.231. The number of carboxylic acid groups (broad SMARTS) is 1. The summed E-state index contributed by atoms with van der Waals surface area (Å²) in [6, 6.07) is 1.89. The van der Waals surface area contributed by atoms with Gasteiger partial charge in [-0.1, -0.05) is 0 Å². The molecule has 2 atom stereocenters. The number of rotatable bonds is 1. The van der Waals surface area contributed by atoms with Crippen molar-refractivity contribution in [3.05, 3.63) is 0 Å². The predicted molar refractivity (Wildman–Crippen MR) is 24.8 cm³/mol. The fourth-order valence-electron chi connectivity index (χ4n) is 0.611. The maximum absolute atomic E-state index is 9.98. The van der Waals surface area contributed by atoms with Gasteiger partial charge in [0.15, 0.2) is 0 Å². The van der Waals surface area contributed by atoms with Crippen molar-refractivity contribution in [2.24, 2.45) is 11.8 Å². The molecular weight excluding hydrogens is 106 g/mol. The molecule has 0 unspecified atom stereocenters. The lowest BCUT2D eigenvalue weighted by atomic mass is 10.3. The topological polar surface area (TPSA) is 61.1 Å². The second kappa shape index (κ2) is 1.48. The van der Waals surface area contributed by atoms with Crippen molar-refractivity contribution in [2.75, 3.05) is 0 Å². The molecule has 0 aromatic carbocycles. The zero-order valence-electron chi connectivity index (χ0n) is 4.16. The van der Waals surface area contributed by atoms with Crippen LogP contribution < -0.4 is 0 Å². The molecule has 3 nitrogen and oxygen atoms in total. The Kier molecular flexibility index (Phi) is 0.943. The summed E-state index contributed by atoms with van der Waals surface area (Å²) in [6.07, 6.45) is 0.547. The van der Waals surface area contributed by atoms with E-state index in [1.165, 1.54) is 0 Å². The van der Waals surface area contributed by atoms with Gasteiger partial charge in [0.25, 0.3) is 0 Å². The smallest absolute Gasteiger partial charge is 0.307 e. The molecule has 0 bridgehead atoms. The summed E-state index contributed by atoms with van der Waals surface area (Å²) in [5, 5.41) is 16.3. The number of carboxylic acids is 1. The first-order valence-corrected chi connectivity index (χ1v) is 2.38. The Hall–Kier alpha value is -1.04. The highest BCUT2D eigenvalue weighted by Crippen LogP contribution is 2.37. The zero-order chi connectivity index (χ0) is 6.15. The van der Waals surface area contributed by atoms with Crippen LogP contribution in [0.5, 0.6) is 0 Å². The minimum absolute atomic E-state index is 0.201. The molecule has 0 heterocycles. The highest BCUT2D eigenvalue weighted by atomic mass is 16.4. The van der Waals surface area contributed by atoms with Crippen LogP contribution in [0.1, 0.15) is 6.42 Å². The van der Waals surface area contributed by atoms with Crippen molar-refractivity contribution in [2.45, 2.75) is 6.42 Å². The van der Waals surface area contributed by atoms with Crippen LogP contribution in [0.3, 0.4) is 0 Å². The summed E-state index contributed by atoms with van der Waals surface area (Å²) in [5.41, 5.74) is 0. The summed E-state index contributed by atoms with van der Waals surface area (Å²) in [7, 11) is 0. The Morgan fingerprint density at radius 3 is 2.62 bits per heavy atom. The lowest BCUT2D eigenvalue weighted by Crippen LogP contribution is -1.97. The Labute approximate surface area is 46.5 Å². The first kappa shape index (κ1) is 5.10. The minimum Gasteiger partial charge on any atom is -0.481 e. The molecule has 3 heteroatoms. The van der Waals surface area contributed by atoms with E-state index in [4.69, 9.17) is 10.4 Å². The molecule has 42 valence electrons. The third-order valence-electron chi connectivity index (χ3n) is 1.27. The van der Waals surface area contributed by atoms with Crippen molar-refractivity contribution in [1.82, 2.24) is 0 Å². The average molecular weight is 111 g/mol. The van der Waals surface area contributed by atoms with E-state index in [9.17, 15) is 4.79 Å². The molecule has 1 N–H and O–H groups in total. The Morgan fingerprint density at radius 2 is 2.50 bits per heavy atom. The molecule has 0 spiro atoms. The molecule has 8 heavy (non-hydrogen) atoms. The van der Waals surface area contributed by atoms with Crippen molar-refractivity contribution in [3.63, 3.8) is 0 Å². The summed E-state index contributed by atoms with van der Waals surface area (Å²) in [6.45, 7) is 0. The van der Waals surface area contributed by atoms with Crippen LogP contribution in [0, 0.1) is 23.2 Å². The molecule has 1 saturated carbocycles. The van der Waals surface area contributed by atoms with E-state index in [2.05, 4.69) is 0 Å². The fraction of sp³-hybridized carbons (Fsp3) is 0.600. The van der Waals surface area contributed by atoms with Crippen molar-refractivity contribution in [3.8, 4) is 6.07 Å². The molecule has 0 aliphatic heterocycles. The second-order valence-corrected chi connectivity index (χ2v) is 1.92. The van der Waals surface area contributed by atoms with Crippen molar-refractivity contribution in [1.29, 1.82) is 5.26 Å². The second-order valence-electron chi connectivity index (χ2n) is 1.92. The van der Waals surface area contributed by atoms with Gasteiger partial charge >= 0.3 is 5.97 Å². The number of carbonyl (C=O) groups is 1. The summed E-state index contributed by atoms with van der Waals surface area (Å²) in [4.78, 5) is 9.98. The van der Waals surface area contributed by atoms with Crippen LogP contribution in [0.25, 0.3) is 0 Å². The van der Waals surface area contributed by atoms with Gasteiger partial charge in [-0.25, -0.2) is 0 Å². The molecule has 1 aliphatic carbocycles. The van der Waals surface area contributed by atoms with Gasteiger partial charge in [0.2, 0.25) is 0 Å². The Morgan fingerprint density at radius 1 is 1.88 bits per heavy atom. The largest absolute Gasteiger partial charge is 0.481 e. The maximum Gasteiger partial charge on any atom is 0.307 e. The molecule has 0 amide bonds. The molecule has 0 saturated heterocycles. The molecule has 0 aromatic rings. The Bertz CT molecular complexity index is 158. The lowest BCUT2D eigenvalue weighted by molar-refractivity contribution is -0.138. The highest BCUT2D eigenvalue weighted by Gasteiger charge is 2.43. The van der Waals surface area contributed by atoms with E-state index in [0.29, 0.717) is 6.42 Å². The molecule has 1 aliphatic rings. The van der Waals surface area contributed by atoms with Crippen LogP contribution in [0.15, 0.2) is 0 Å². The van der Waals surface area contributed by atoms with Gasteiger partial charge in [0.05, 0.1) is 17.9 Å². The lowest BCUT2D eigenvalue weighted by Gasteiger charge is -1.78. The average Bonchev–Trinajstić information content (AvgIpc) is 2.42. The van der Waals surface area contributed by atoms with Crippen LogP contribution in [0.2, 0.25) is 0 Å². The normalized spacial score (nSPS) is 33.4. The summed E-state index contributed by atoms with van der Waals surface area (Å²) in [5.74, 6) is -1.40. The van der Waals surface area contributed by atoms with Crippen LogP contribution in [-0.2, 0) is 4.79 Å². The first-order chi connectivity index (χ1) is 3.75. The third kappa shape index (κ3) is 0.648. The highest BCUT2D eigenvalue weighted by molar-refractivity contribution is 5.74. The molecule has 0 aromatic heterocycles. The van der Waals surface area contributed by atoms with E-state index in [-0.39, 0.29) is 11.8 Å². The quantitative estimate of drug-likeness (QED) is 0.526. The fourth-order valence-corrected chi connectivity index (χ4v) is 0.611. The van der Waals surface area contributed by atoms with Crippen LogP contribution in [0.4, 0.5) is 0 Å². The van der Waals surface area contributed by atoms with Gasteiger partial charge in [0.1, 0.15) is 0 Å². The summed E-state index contributed by atoms with van der Waals surface area (Å²) >= 11 is 0. The van der Waals surface area contributed by atoms with Gasteiger partial charge in [0, 0.05) is 0 Å². The Balaban J connectivity index is 2.40. The third-order valence-corrected chi connectivity index (χ3v) is 1.27. The van der Waals surface area contributed by atoms with Crippen molar-refractivity contribution < 1.29 is 9.90 Å². The van der Waals surface area contributed by atoms with Gasteiger partial charge in [-0.05, 0) is 6.42 Å². The standard InChI is InChI=1S/C5H5NO2/c6-2-3-1-4(3)5(7)8/h3-4H,1H2,(H,7,8)/t3-,4-/m1/s1. The monoisotopic (exact) mass is 111 g/mol. The van der Waals surface area contributed by atoms with Crippen molar-refractivity contribution >= 4 is 5.97 Å². The number of nitrogens with zero attached hydrogens (tertiary/aromatic N) is 1. The van der Waals surface area contributed by atoms with Gasteiger partial charge in [-0.15, -0.1) is 0 Å². The van der Waals surface area contributed by atoms with E-state index < -0.39 is 5.97 Å². The number of hydrogen-bond donors (Lipinski definition) is 1. The van der Waals surface area contributed by atoms with E-state index in [1.54, 1.807) is 0 Å². The van der Waals surface area contributed by atoms with E-state index >= 15 is 0 Å². The molecule has 1 rings (SSSR count). The van der Waals surface area contributed by atoms with Crippen LogP contribution in [-0.4, -0.2) is 11.1 Å². The van der Waals surface area contributed by atoms with Gasteiger partial charge in [-0.3, -0.25) is 4.79 Å². The first-order valence-electron chi connectivity index (χ1n) is 2.38. The van der Waals surface area contributed by atoms with E-state index in [1.807, 2.05) is 6.07 Å². The SMILES string of the molecule is N#C[C@H]1C[C@H]1C(=O)O. The van der Waals surface area contributed by atoms with Gasteiger partial charge in [-0.2, -0.15) is 5.26 Å². The zero-order valence-corrected chi connectivity index (χ0v) is 4.16. The number of hydrogen-bond acceptors (Lipinski definition) is 2. The number of nitriles is 1. The number of aliphatic carboxylic acids is 1. The summed E-state index contributed by atoms with van der Waals surface area (Å²) < 4.78 is 0. The maximum atomic E-state index is 9.98.